The molecule has 2 aliphatic heterocycles. The number of carbonyl (C=O) groups excluding carboxylic acids is 4. The molecule has 4 heterocycles. The Morgan fingerprint density at radius 2 is 2.02 bits per heavy atom. The molecule has 1 saturated carbocycles. The van der Waals surface area contributed by atoms with Crippen molar-refractivity contribution in [2.75, 3.05) is 18.3 Å². The molecule has 3 aliphatic rings. The van der Waals surface area contributed by atoms with Gasteiger partial charge in [-0.25, -0.2) is 14.6 Å². The number of thioether (sulfide) groups is 1. The van der Waals surface area contributed by atoms with Crippen molar-refractivity contribution < 1.29 is 38.6 Å². The Morgan fingerprint density at radius 1 is 1.21 bits per heavy atom. The van der Waals surface area contributed by atoms with Gasteiger partial charge in [-0.3, -0.25) is 19.5 Å². The average Bonchev–Trinajstić information content (AvgIpc) is 3.45. The van der Waals surface area contributed by atoms with E-state index in [9.17, 15) is 24.4 Å². The zero-order valence-electron chi connectivity index (χ0n) is 22.7. The zero-order chi connectivity index (χ0) is 30.3. The molecule has 0 aromatic carbocycles. The minimum absolute atomic E-state index is 0.0491. The standard InChI is InChI=1S/C27H28N6O8S2/c28-26-30-18(13-43-26)19(32-38)22(34)31-20-23(35)33-21(16(12-42-24(20)33)9-8-15-5-4-10-29-11-15)25(36)39-14-40-27(37)41-17-6-2-1-3-7-17/h4-5,8-11,13,17,20,24,38H,1-3,6-7,12,14H2,(H2,28,30)(H,31,34)/b9-8-,32-19?/t20?,24-/m1/s1. The van der Waals surface area contributed by atoms with Gasteiger partial charge in [0.25, 0.3) is 11.8 Å². The number of fused-ring (bicyclic) bond motifs is 1. The number of carbonyl (C=O) groups is 4. The van der Waals surface area contributed by atoms with Crippen LogP contribution in [-0.2, 0) is 28.6 Å². The molecule has 1 saturated heterocycles. The van der Waals surface area contributed by atoms with Crippen LogP contribution in [0.4, 0.5) is 9.93 Å². The number of amides is 2. The Labute approximate surface area is 254 Å². The van der Waals surface area contributed by atoms with E-state index in [0.29, 0.717) is 5.57 Å². The van der Waals surface area contributed by atoms with Crippen LogP contribution in [0.25, 0.3) is 6.08 Å². The third-order valence-electron chi connectivity index (χ3n) is 6.90. The smallest absolute Gasteiger partial charge is 0.431 e. The highest BCUT2D eigenvalue weighted by molar-refractivity contribution is 8.00. The molecule has 5 rings (SSSR count). The molecule has 4 N–H and O–H groups in total. The Hall–Kier alpha value is -4.44. The van der Waals surface area contributed by atoms with Crippen LogP contribution in [0.3, 0.4) is 0 Å². The molecule has 2 fully saturated rings. The Balaban J connectivity index is 1.28. The van der Waals surface area contributed by atoms with Gasteiger partial charge in [0.1, 0.15) is 28.9 Å². The SMILES string of the molecule is Nc1nc(C(=NO)C(=O)NC2C(=O)N3C(C(=O)OCOC(=O)OC4CCCCC4)=C(/C=C\c4cccnc4)CS[C@H]23)cs1. The fourth-order valence-electron chi connectivity index (χ4n) is 4.80. The number of ether oxygens (including phenoxy) is 3. The lowest BCUT2D eigenvalue weighted by Gasteiger charge is -2.49. The lowest BCUT2D eigenvalue weighted by molar-refractivity contribution is -0.158. The summed E-state index contributed by atoms with van der Waals surface area (Å²) in [4.78, 5) is 60.8. The maximum absolute atomic E-state index is 13.3. The normalized spacial score (nSPS) is 20.8. The minimum Gasteiger partial charge on any atom is -0.431 e. The fourth-order valence-corrected chi connectivity index (χ4v) is 6.67. The fraction of sp³-hybridized carbons (Fsp3) is 0.370. The van der Waals surface area contributed by atoms with Gasteiger partial charge in [0.15, 0.2) is 10.8 Å². The molecule has 226 valence electrons. The molecular weight excluding hydrogens is 600 g/mol. The number of anilines is 1. The highest BCUT2D eigenvalue weighted by Crippen LogP contribution is 2.41. The second-order valence-corrected chi connectivity index (χ2v) is 11.7. The van der Waals surface area contributed by atoms with Crippen molar-refractivity contribution in [3.05, 3.63) is 58.5 Å². The Bertz CT molecular complexity index is 1470. The highest BCUT2D eigenvalue weighted by Gasteiger charge is 2.54. The van der Waals surface area contributed by atoms with E-state index in [2.05, 4.69) is 20.4 Å². The van der Waals surface area contributed by atoms with Crippen molar-refractivity contribution in [1.29, 1.82) is 0 Å². The number of esters is 1. The molecule has 0 bridgehead atoms. The van der Waals surface area contributed by atoms with Gasteiger partial charge in [-0.2, -0.15) is 0 Å². The summed E-state index contributed by atoms with van der Waals surface area (Å²) in [6, 6.07) is 2.55. The first-order valence-corrected chi connectivity index (χ1v) is 15.3. The molecule has 2 amide bonds. The van der Waals surface area contributed by atoms with Crippen molar-refractivity contribution in [3.63, 3.8) is 0 Å². The number of aromatic nitrogens is 2. The van der Waals surface area contributed by atoms with Gasteiger partial charge < -0.3 is 30.5 Å². The molecule has 2 aromatic rings. The van der Waals surface area contributed by atoms with Crippen LogP contribution in [-0.4, -0.2) is 79.8 Å². The van der Waals surface area contributed by atoms with Gasteiger partial charge in [-0.05, 0) is 42.9 Å². The van der Waals surface area contributed by atoms with Crippen LogP contribution in [0.2, 0.25) is 0 Å². The summed E-state index contributed by atoms with van der Waals surface area (Å²) >= 11 is 2.37. The number of hydrogen-bond acceptors (Lipinski definition) is 14. The summed E-state index contributed by atoms with van der Waals surface area (Å²) in [6.45, 7) is -0.708. The topological polar surface area (TPSA) is 196 Å². The first kappa shape index (κ1) is 30.0. The number of hydrogen-bond donors (Lipinski definition) is 3. The van der Waals surface area contributed by atoms with Crippen molar-refractivity contribution in [2.24, 2.45) is 5.16 Å². The third-order valence-corrected chi connectivity index (χ3v) is 8.88. The number of nitrogens with zero attached hydrogens (tertiary/aromatic N) is 4. The highest BCUT2D eigenvalue weighted by atomic mass is 32.2. The van der Waals surface area contributed by atoms with E-state index >= 15 is 0 Å². The van der Waals surface area contributed by atoms with Gasteiger partial charge in [-0.15, -0.1) is 23.1 Å². The van der Waals surface area contributed by atoms with Gasteiger partial charge in [0.05, 0.1) is 0 Å². The van der Waals surface area contributed by atoms with Crippen LogP contribution < -0.4 is 11.1 Å². The summed E-state index contributed by atoms with van der Waals surface area (Å²) in [7, 11) is 0. The zero-order valence-corrected chi connectivity index (χ0v) is 24.3. The van der Waals surface area contributed by atoms with Crippen LogP contribution in [0.15, 0.2) is 52.4 Å². The van der Waals surface area contributed by atoms with Gasteiger partial charge >= 0.3 is 12.1 Å². The molecular formula is C27H28N6O8S2. The molecule has 43 heavy (non-hydrogen) atoms. The number of pyridine rings is 1. The van der Waals surface area contributed by atoms with Crippen molar-refractivity contribution >= 4 is 64.0 Å². The van der Waals surface area contributed by atoms with Crippen molar-refractivity contribution in [2.45, 2.75) is 49.6 Å². The number of nitrogen functional groups attached to an aromatic ring is 1. The van der Waals surface area contributed by atoms with E-state index in [0.717, 1.165) is 49.0 Å². The Kier molecular flexibility index (Phi) is 9.56. The first-order chi connectivity index (χ1) is 20.9. The number of thiazole rings is 1. The molecule has 0 radical (unpaired) electrons. The number of nitrogens with two attached hydrogens (primary N) is 1. The molecule has 2 atom stereocenters. The van der Waals surface area contributed by atoms with Gasteiger partial charge in [-0.1, -0.05) is 29.8 Å². The summed E-state index contributed by atoms with van der Waals surface area (Å²) < 4.78 is 15.5. The molecule has 0 spiro atoms. The molecule has 2 aromatic heterocycles. The quantitative estimate of drug-likeness (QED) is 0.0919. The number of allylic oxidation sites excluding steroid dienone is 1. The van der Waals surface area contributed by atoms with Crippen molar-refractivity contribution in [3.8, 4) is 0 Å². The summed E-state index contributed by atoms with van der Waals surface area (Å²) in [6.07, 6.45) is 10.1. The largest absolute Gasteiger partial charge is 0.511 e. The first-order valence-electron chi connectivity index (χ1n) is 13.4. The predicted molar refractivity (Wildman–Crippen MR) is 156 cm³/mol. The summed E-state index contributed by atoms with van der Waals surface area (Å²) in [5.41, 5.74) is 6.45. The number of rotatable bonds is 9. The van der Waals surface area contributed by atoms with E-state index in [4.69, 9.17) is 19.9 Å². The third kappa shape index (κ3) is 6.97. The molecule has 16 heteroatoms. The maximum Gasteiger partial charge on any atom is 0.511 e. The van der Waals surface area contributed by atoms with Gasteiger partial charge in [0.2, 0.25) is 6.79 Å². The minimum atomic E-state index is -1.03. The summed E-state index contributed by atoms with van der Waals surface area (Å²) in [5.74, 6) is -2.03. The van der Waals surface area contributed by atoms with Crippen LogP contribution in [0.1, 0.15) is 43.4 Å². The van der Waals surface area contributed by atoms with E-state index in [-0.39, 0.29) is 28.4 Å². The number of nitrogens with one attached hydrogen (secondary N) is 1. The van der Waals surface area contributed by atoms with Gasteiger partial charge in [0, 0.05) is 23.5 Å². The molecule has 14 nitrogen and oxygen atoms in total. The second kappa shape index (κ2) is 13.7. The van der Waals surface area contributed by atoms with Crippen molar-refractivity contribution in [1.82, 2.24) is 20.2 Å². The molecule has 1 aliphatic carbocycles. The van der Waals surface area contributed by atoms with Crippen LogP contribution in [0.5, 0.6) is 0 Å². The monoisotopic (exact) mass is 628 g/mol. The van der Waals surface area contributed by atoms with Crippen LogP contribution >= 0.6 is 23.1 Å². The Morgan fingerprint density at radius 3 is 2.72 bits per heavy atom. The predicted octanol–water partition coefficient (Wildman–Crippen LogP) is 2.65. The van der Waals surface area contributed by atoms with E-state index in [1.54, 1.807) is 30.6 Å². The van der Waals surface area contributed by atoms with E-state index in [1.807, 2.05) is 6.07 Å². The lowest BCUT2D eigenvalue weighted by Crippen LogP contribution is -2.71. The van der Waals surface area contributed by atoms with Crippen LogP contribution in [0, 0.1) is 0 Å². The summed E-state index contributed by atoms with van der Waals surface area (Å²) in [5, 5.41) is 15.9. The molecule has 1 unspecified atom stereocenters. The number of oxime groups is 1. The second-order valence-electron chi connectivity index (χ2n) is 9.70. The number of β-lactam (4-membered cyclic amide) rings is 1. The maximum atomic E-state index is 13.3. The lowest BCUT2D eigenvalue weighted by atomic mass is 9.98. The van der Waals surface area contributed by atoms with E-state index < -0.39 is 47.9 Å². The average molecular weight is 629 g/mol. The van der Waals surface area contributed by atoms with E-state index in [1.165, 1.54) is 22.0 Å².